The van der Waals surface area contributed by atoms with Gasteiger partial charge < -0.3 is 10.1 Å². The van der Waals surface area contributed by atoms with E-state index in [1.165, 1.54) is 23.5 Å². The minimum Gasteiger partial charge on any atom is -0.497 e. The van der Waals surface area contributed by atoms with Crippen molar-refractivity contribution < 1.29 is 14.5 Å². The van der Waals surface area contributed by atoms with Gasteiger partial charge in [-0.1, -0.05) is 0 Å². The van der Waals surface area contributed by atoms with Gasteiger partial charge in [0, 0.05) is 40.7 Å². The maximum atomic E-state index is 12.6. The summed E-state index contributed by atoms with van der Waals surface area (Å²) in [6, 6.07) is 12.0. The van der Waals surface area contributed by atoms with Gasteiger partial charge in [-0.3, -0.25) is 19.3 Å². The summed E-state index contributed by atoms with van der Waals surface area (Å²) in [5, 5.41) is 15.6. The van der Waals surface area contributed by atoms with Crippen LogP contribution >= 0.6 is 11.3 Å². The van der Waals surface area contributed by atoms with Crippen molar-refractivity contribution in [1.82, 2.24) is 9.38 Å². The fourth-order valence-corrected chi connectivity index (χ4v) is 3.99. The highest BCUT2D eigenvalue weighted by molar-refractivity contribution is 7.15. The van der Waals surface area contributed by atoms with Gasteiger partial charge in [-0.15, -0.1) is 11.3 Å². The summed E-state index contributed by atoms with van der Waals surface area (Å²) in [6.45, 7) is 1.72. The first kappa shape index (κ1) is 19.6. The normalized spacial score (nSPS) is 10.9. The molecule has 1 amide bonds. The van der Waals surface area contributed by atoms with Crippen LogP contribution in [0.15, 0.2) is 54.0 Å². The highest BCUT2D eigenvalue weighted by atomic mass is 32.1. The third kappa shape index (κ3) is 3.87. The van der Waals surface area contributed by atoms with E-state index in [4.69, 9.17) is 4.74 Å². The second-order valence-corrected chi connectivity index (χ2v) is 7.55. The maximum absolute atomic E-state index is 12.6. The fourth-order valence-electron chi connectivity index (χ4n) is 3.12. The Morgan fingerprint density at radius 2 is 2.03 bits per heavy atom. The van der Waals surface area contributed by atoms with Crippen molar-refractivity contribution in [2.75, 3.05) is 12.4 Å². The van der Waals surface area contributed by atoms with Gasteiger partial charge in [0.05, 0.1) is 24.1 Å². The molecule has 0 unspecified atom stereocenters. The summed E-state index contributed by atoms with van der Waals surface area (Å²) in [4.78, 5) is 28.4. The van der Waals surface area contributed by atoms with Crippen LogP contribution in [-0.2, 0) is 11.2 Å². The number of carbonyl (C=O) groups is 1. The molecule has 30 heavy (non-hydrogen) atoms. The second-order valence-electron chi connectivity index (χ2n) is 6.72. The Kier molecular flexibility index (Phi) is 5.20. The predicted octanol–water partition coefficient (Wildman–Crippen LogP) is 4.47. The zero-order valence-electron chi connectivity index (χ0n) is 16.3. The number of ether oxygens (including phenoxy) is 1. The van der Waals surface area contributed by atoms with Crippen LogP contribution in [0, 0.1) is 17.0 Å². The number of amides is 1. The molecule has 1 N–H and O–H groups in total. The lowest BCUT2D eigenvalue weighted by Crippen LogP contribution is -2.16. The molecular formula is C21H18N4O4S. The van der Waals surface area contributed by atoms with Crippen molar-refractivity contribution in [2.45, 2.75) is 13.3 Å². The molecule has 0 saturated carbocycles. The highest BCUT2D eigenvalue weighted by Gasteiger charge is 2.14. The van der Waals surface area contributed by atoms with E-state index < -0.39 is 4.92 Å². The molecule has 4 aromatic rings. The van der Waals surface area contributed by atoms with Gasteiger partial charge in [-0.2, -0.15) is 0 Å². The predicted molar refractivity (Wildman–Crippen MR) is 115 cm³/mol. The fraction of sp³-hybridized carbons (Fsp3) is 0.143. The Morgan fingerprint density at radius 3 is 2.70 bits per heavy atom. The molecule has 8 nitrogen and oxygen atoms in total. The largest absolute Gasteiger partial charge is 0.497 e. The minimum atomic E-state index is -0.458. The number of fused-ring (bicyclic) bond motifs is 1. The molecule has 152 valence electrons. The summed E-state index contributed by atoms with van der Waals surface area (Å²) in [5.41, 5.74) is 3.79. The van der Waals surface area contributed by atoms with Crippen molar-refractivity contribution in [3.05, 3.63) is 75.4 Å². The molecule has 2 aromatic heterocycles. The van der Waals surface area contributed by atoms with E-state index in [2.05, 4.69) is 10.3 Å². The number of benzene rings is 2. The van der Waals surface area contributed by atoms with Gasteiger partial charge in [-0.25, -0.2) is 4.98 Å². The smallest absolute Gasteiger partial charge is 0.269 e. The summed E-state index contributed by atoms with van der Waals surface area (Å²) in [5.74, 6) is 0.574. The first-order valence-electron chi connectivity index (χ1n) is 9.09. The number of hydrogen-bond donors (Lipinski definition) is 1. The summed E-state index contributed by atoms with van der Waals surface area (Å²) in [7, 11) is 1.62. The third-order valence-corrected chi connectivity index (χ3v) is 5.59. The van der Waals surface area contributed by atoms with Gasteiger partial charge in [0.2, 0.25) is 5.91 Å². The number of aryl methyl sites for hydroxylation is 1. The number of carbonyl (C=O) groups excluding carboxylic acids is 1. The van der Waals surface area contributed by atoms with E-state index in [1.807, 2.05) is 40.2 Å². The van der Waals surface area contributed by atoms with Gasteiger partial charge >= 0.3 is 0 Å². The summed E-state index contributed by atoms with van der Waals surface area (Å²) >= 11 is 1.47. The SMILES string of the molecule is COc1ccc(-c2cn3c(CC(=O)Nc4ccc([N+](=O)[O-])cc4C)csc3n2)cc1. The summed E-state index contributed by atoms with van der Waals surface area (Å²) in [6.07, 6.45) is 2.07. The molecule has 0 fully saturated rings. The van der Waals surface area contributed by atoms with Crippen LogP contribution in [0.5, 0.6) is 5.75 Å². The van der Waals surface area contributed by atoms with E-state index >= 15 is 0 Å². The Balaban J connectivity index is 1.51. The molecule has 0 atom stereocenters. The van der Waals surface area contributed by atoms with Crippen molar-refractivity contribution >= 4 is 33.6 Å². The Hall–Kier alpha value is -3.72. The molecule has 0 aliphatic carbocycles. The van der Waals surface area contributed by atoms with E-state index in [-0.39, 0.29) is 18.0 Å². The number of nitro benzene ring substituents is 1. The van der Waals surface area contributed by atoms with Crippen molar-refractivity contribution in [3.63, 3.8) is 0 Å². The molecular weight excluding hydrogens is 404 g/mol. The first-order chi connectivity index (χ1) is 14.4. The maximum Gasteiger partial charge on any atom is 0.269 e. The molecule has 0 aliphatic rings. The van der Waals surface area contributed by atoms with Crippen LogP contribution < -0.4 is 10.1 Å². The molecule has 0 saturated heterocycles. The van der Waals surface area contributed by atoms with Crippen molar-refractivity contribution in [1.29, 1.82) is 0 Å². The quantitative estimate of drug-likeness (QED) is 0.365. The number of non-ortho nitro benzene ring substituents is 1. The van der Waals surface area contributed by atoms with Crippen LogP contribution in [-0.4, -0.2) is 27.3 Å². The third-order valence-electron chi connectivity index (χ3n) is 4.71. The average molecular weight is 422 g/mol. The van der Waals surface area contributed by atoms with Gasteiger partial charge in [0.1, 0.15) is 5.75 Å². The minimum absolute atomic E-state index is 0.00508. The Bertz CT molecular complexity index is 1240. The molecule has 0 aliphatic heterocycles. The lowest BCUT2D eigenvalue weighted by atomic mass is 10.1. The number of anilines is 1. The average Bonchev–Trinajstić information content (AvgIpc) is 3.31. The molecule has 4 rings (SSSR count). The number of thiazole rings is 1. The first-order valence-corrected chi connectivity index (χ1v) is 9.97. The number of nitrogens with one attached hydrogen (secondary N) is 1. The second kappa shape index (κ2) is 7.96. The van der Waals surface area contributed by atoms with E-state index in [0.29, 0.717) is 11.3 Å². The van der Waals surface area contributed by atoms with E-state index in [0.717, 1.165) is 27.7 Å². The standard InChI is InChI=1S/C21H18N4O4S/c1-13-9-15(25(27)28)5-8-18(13)22-20(26)10-16-12-30-21-23-19(11-24(16)21)14-3-6-17(29-2)7-4-14/h3-9,11-12H,10H2,1-2H3,(H,22,26). The lowest BCUT2D eigenvalue weighted by Gasteiger charge is -2.08. The van der Waals surface area contributed by atoms with Crippen molar-refractivity contribution in [2.24, 2.45) is 0 Å². The molecule has 0 spiro atoms. The van der Waals surface area contributed by atoms with Crippen LogP contribution in [0.1, 0.15) is 11.3 Å². The van der Waals surface area contributed by atoms with Crippen LogP contribution in [0.2, 0.25) is 0 Å². The van der Waals surface area contributed by atoms with Crippen LogP contribution in [0.4, 0.5) is 11.4 Å². The zero-order chi connectivity index (χ0) is 21.3. The van der Waals surface area contributed by atoms with Crippen LogP contribution in [0.25, 0.3) is 16.2 Å². The molecule has 9 heteroatoms. The number of hydrogen-bond acceptors (Lipinski definition) is 6. The number of aromatic nitrogens is 2. The number of methoxy groups -OCH3 is 1. The molecule has 0 radical (unpaired) electrons. The Morgan fingerprint density at radius 1 is 1.27 bits per heavy atom. The topological polar surface area (TPSA) is 98.8 Å². The molecule has 2 aromatic carbocycles. The Labute approximate surface area is 175 Å². The van der Waals surface area contributed by atoms with E-state index in [9.17, 15) is 14.9 Å². The van der Waals surface area contributed by atoms with Crippen molar-refractivity contribution in [3.8, 4) is 17.0 Å². The number of imidazole rings is 1. The number of nitro groups is 1. The van der Waals surface area contributed by atoms with Gasteiger partial charge in [-0.05, 0) is 42.8 Å². The molecule has 2 heterocycles. The molecule has 0 bridgehead atoms. The highest BCUT2D eigenvalue weighted by Crippen LogP contribution is 2.26. The van der Waals surface area contributed by atoms with Crippen LogP contribution in [0.3, 0.4) is 0 Å². The summed E-state index contributed by atoms with van der Waals surface area (Å²) < 4.78 is 7.10. The number of rotatable bonds is 6. The lowest BCUT2D eigenvalue weighted by molar-refractivity contribution is -0.384. The van der Waals surface area contributed by atoms with E-state index in [1.54, 1.807) is 20.1 Å². The monoisotopic (exact) mass is 422 g/mol. The number of nitrogens with zero attached hydrogens (tertiary/aromatic N) is 3. The van der Waals surface area contributed by atoms with Gasteiger partial charge in [0.15, 0.2) is 4.96 Å². The van der Waals surface area contributed by atoms with Gasteiger partial charge in [0.25, 0.3) is 5.69 Å². The zero-order valence-corrected chi connectivity index (χ0v) is 17.1.